The van der Waals surface area contributed by atoms with Crippen molar-refractivity contribution in [2.75, 3.05) is 6.54 Å². The van der Waals surface area contributed by atoms with Gasteiger partial charge in [-0.15, -0.1) is 11.8 Å². The number of rotatable bonds is 5. The van der Waals surface area contributed by atoms with Gasteiger partial charge in [0.25, 0.3) is 0 Å². The highest BCUT2D eigenvalue weighted by Crippen LogP contribution is 2.29. The third-order valence-corrected chi connectivity index (χ3v) is 4.07. The molecule has 0 aromatic heterocycles. The second-order valence-corrected chi connectivity index (χ2v) is 7.50. The van der Waals surface area contributed by atoms with Crippen LogP contribution in [0.1, 0.15) is 27.7 Å². The Bertz CT molecular complexity index is 515. The molecule has 1 atom stereocenters. The molecule has 21 heavy (non-hydrogen) atoms. The normalized spacial score (nSPS) is 12.6. The predicted molar refractivity (Wildman–Crippen MR) is 87.7 cm³/mol. The summed E-state index contributed by atoms with van der Waals surface area (Å²) in [5.41, 5.74) is -0.306. The number of nitrogens with one attached hydrogen (secondary N) is 2. The van der Waals surface area contributed by atoms with Gasteiger partial charge in [0.05, 0.1) is 16.8 Å². The van der Waals surface area contributed by atoms with Crippen molar-refractivity contribution in [2.45, 2.75) is 43.4 Å². The van der Waals surface area contributed by atoms with E-state index in [4.69, 9.17) is 11.6 Å². The SMILES string of the molecule is CC(Sc1ccccc1Cl)C(=O)NCC(=O)NC(C)(C)C. The Morgan fingerprint density at radius 1 is 1.29 bits per heavy atom. The minimum Gasteiger partial charge on any atom is -0.350 e. The first kappa shape index (κ1) is 17.9. The number of thioether (sulfide) groups is 1. The summed E-state index contributed by atoms with van der Waals surface area (Å²) < 4.78 is 0. The van der Waals surface area contributed by atoms with Crippen molar-refractivity contribution in [1.82, 2.24) is 10.6 Å². The monoisotopic (exact) mass is 328 g/mol. The van der Waals surface area contributed by atoms with E-state index in [1.807, 2.05) is 39.0 Å². The molecule has 116 valence electrons. The second kappa shape index (κ2) is 7.71. The van der Waals surface area contributed by atoms with Gasteiger partial charge < -0.3 is 10.6 Å². The van der Waals surface area contributed by atoms with Gasteiger partial charge in [-0.25, -0.2) is 0 Å². The van der Waals surface area contributed by atoms with Crippen LogP contribution in [0.15, 0.2) is 29.2 Å². The highest BCUT2D eigenvalue weighted by molar-refractivity contribution is 8.00. The van der Waals surface area contributed by atoms with Crippen LogP contribution >= 0.6 is 23.4 Å². The Kier molecular flexibility index (Phi) is 6.55. The summed E-state index contributed by atoms with van der Waals surface area (Å²) in [5, 5.41) is 5.71. The van der Waals surface area contributed by atoms with Gasteiger partial charge in [0, 0.05) is 10.4 Å². The quantitative estimate of drug-likeness (QED) is 0.817. The van der Waals surface area contributed by atoms with Crippen molar-refractivity contribution in [3.63, 3.8) is 0 Å². The van der Waals surface area contributed by atoms with E-state index >= 15 is 0 Å². The second-order valence-electron chi connectivity index (χ2n) is 5.71. The molecule has 0 aliphatic rings. The molecule has 0 radical (unpaired) electrons. The Balaban J connectivity index is 2.45. The van der Waals surface area contributed by atoms with Crippen molar-refractivity contribution in [1.29, 1.82) is 0 Å². The Labute approximate surface area is 135 Å². The van der Waals surface area contributed by atoms with E-state index in [9.17, 15) is 9.59 Å². The highest BCUT2D eigenvalue weighted by Gasteiger charge is 2.18. The minimum atomic E-state index is -0.327. The average molecular weight is 329 g/mol. The van der Waals surface area contributed by atoms with Crippen LogP contribution in [0.5, 0.6) is 0 Å². The minimum absolute atomic E-state index is 0.0243. The molecule has 0 bridgehead atoms. The lowest BCUT2D eigenvalue weighted by Crippen LogP contribution is -2.46. The zero-order valence-electron chi connectivity index (χ0n) is 12.7. The van der Waals surface area contributed by atoms with Crippen molar-refractivity contribution >= 4 is 35.2 Å². The summed E-state index contributed by atoms with van der Waals surface area (Å²) in [5.74, 6) is -0.394. The molecule has 6 heteroatoms. The number of carbonyl (C=O) groups is 2. The zero-order valence-corrected chi connectivity index (χ0v) is 14.3. The molecule has 1 aromatic carbocycles. The lowest BCUT2D eigenvalue weighted by atomic mass is 10.1. The maximum Gasteiger partial charge on any atom is 0.239 e. The zero-order chi connectivity index (χ0) is 16.0. The summed E-state index contributed by atoms with van der Waals surface area (Å²) >= 11 is 7.42. The van der Waals surface area contributed by atoms with Crippen LogP contribution in [-0.2, 0) is 9.59 Å². The van der Waals surface area contributed by atoms with Crippen LogP contribution in [0.25, 0.3) is 0 Å². The molecule has 1 unspecified atom stereocenters. The number of hydrogen-bond acceptors (Lipinski definition) is 3. The molecule has 0 heterocycles. The van der Waals surface area contributed by atoms with Crippen LogP contribution < -0.4 is 10.6 Å². The molecule has 1 rings (SSSR count). The summed E-state index contributed by atoms with van der Waals surface area (Å²) in [7, 11) is 0. The number of hydrogen-bond donors (Lipinski definition) is 2. The summed E-state index contributed by atoms with van der Waals surface area (Å²) in [4.78, 5) is 24.5. The van der Waals surface area contributed by atoms with Gasteiger partial charge in [-0.3, -0.25) is 9.59 Å². The topological polar surface area (TPSA) is 58.2 Å². The molecule has 2 N–H and O–H groups in total. The molecule has 1 aromatic rings. The van der Waals surface area contributed by atoms with Crippen molar-refractivity contribution in [3.05, 3.63) is 29.3 Å². The van der Waals surface area contributed by atoms with Gasteiger partial charge in [-0.1, -0.05) is 23.7 Å². The lowest BCUT2D eigenvalue weighted by Gasteiger charge is -2.21. The molecule has 2 amide bonds. The van der Waals surface area contributed by atoms with Gasteiger partial charge in [-0.05, 0) is 39.8 Å². The Morgan fingerprint density at radius 2 is 1.90 bits per heavy atom. The maximum atomic E-state index is 12.0. The number of carbonyl (C=O) groups excluding carboxylic acids is 2. The van der Waals surface area contributed by atoms with E-state index in [-0.39, 0.29) is 29.1 Å². The van der Waals surface area contributed by atoms with E-state index in [1.54, 1.807) is 13.0 Å². The van der Waals surface area contributed by atoms with Gasteiger partial charge >= 0.3 is 0 Å². The first-order chi connectivity index (χ1) is 9.69. The van der Waals surface area contributed by atoms with Crippen LogP contribution in [0, 0.1) is 0 Å². The van der Waals surface area contributed by atoms with Gasteiger partial charge in [0.15, 0.2) is 0 Å². The largest absolute Gasteiger partial charge is 0.350 e. The van der Waals surface area contributed by atoms with E-state index in [0.717, 1.165) is 4.90 Å². The van der Waals surface area contributed by atoms with E-state index in [2.05, 4.69) is 10.6 Å². The van der Waals surface area contributed by atoms with Crippen LogP contribution in [-0.4, -0.2) is 29.1 Å². The van der Waals surface area contributed by atoms with E-state index < -0.39 is 0 Å². The molecule has 0 aliphatic carbocycles. The van der Waals surface area contributed by atoms with Crippen molar-refractivity contribution < 1.29 is 9.59 Å². The van der Waals surface area contributed by atoms with Gasteiger partial charge in [-0.2, -0.15) is 0 Å². The summed E-state index contributed by atoms with van der Waals surface area (Å²) in [6.45, 7) is 7.43. The van der Waals surface area contributed by atoms with Crippen molar-refractivity contribution in [3.8, 4) is 0 Å². The third-order valence-electron chi connectivity index (χ3n) is 2.45. The fourth-order valence-electron chi connectivity index (χ4n) is 1.56. The van der Waals surface area contributed by atoms with Gasteiger partial charge in [0.1, 0.15) is 0 Å². The molecule has 4 nitrogen and oxygen atoms in total. The fraction of sp³-hybridized carbons (Fsp3) is 0.467. The standard InChI is InChI=1S/C15H21ClN2O2S/c1-10(21-12-8-6-5-7-11(12)16)14(20)17-9-13(19)18-15(2,3)4/h5-8,10H,9H2,1-4H3,(H,17,20)(H,18,19). The lowest BCUT2D eigenvalue weighted by molar-refractivity contribution is -0.126. The first-order valence-corrected chi connectivity index (χ1v) is 7.95. The van der Waals surface area contributed by atoms with Crippen LogP contribution in [0.2, 0.25) is 5.02 Å². The van der Waals surface area contributed by atoms with Crippen LogP contribution in [0.4, 0.5) is 0 Å². The summed E-state index contributed by atoms with van der Waals surface area (Å²) in [6.07, 6.45) is 0. The third kappa shape index (κ3) is 6.87. The van der Waals surface area contributed by atoms with Gasteiger partial charge in [0.2, 0.25) is 11.8 Å². The first-order valence-electron chi connectivity index (χ1n) is 6.69. The Morgan fingerprint density at radius 3 is 2.48 bits per heavy atom. The predicted octanol–water partition coefficient (Wildman–Crippen LogP) is 2.85. The maximum absolute atomic E-state index is 12.0. The molecule has 0 saturated heterocycles. The molecular weight excluding hydrogens is 308 g/mol. The van der Waals surface area contributed by atoms with E-state index in [0.29, 0.717) is 5.02 Å². The van der Waals surface area contributed by atoms with Crippen LogP contribution in [0.3, 0.4) is 0 Å². The van der Waals surface area contributed by atoms with E-state index in [1.165, 1.54) is 11.8 Å². The molecule has 0 spiro atoms. The molecule has 0 saturated carbocycles. The average Bonchev–Trinajstić information content (AvgIpc) is 2.36. The van der Waals surface area contributed by atoms with Crippen molar-refractivity contribution in [2.24, 2.45) is 0 Å². The fourth-order valence-corrected chi connectivity index (χ4v) is 2.74. The molecular formula is C15H21ClN2O2S. The molecule has 0 fully saturated rings. The highest BCUT2D eigenvalue weighted by atomic mass is 35.5. The smallest absolute Gasteiger partial charge is 0.239 e. The Hall–Kier alpha value is -1.20. The number of amides is 2. The number of halogens is 1. The number of benzene rings is 1. The molecule has 0 aliphatic heterocycles. The summed E-state index contributed by atoms with van der Waals surface area (Å²) in [6, 6.07) is 7.36.